The third kappa shape index (κ3) is 5.05. The maximum atomic E-state index is 13.3. The Hall–Kier alpha value is -3.04. The van der Waals surface area contributed by atoms with Crippen molar-refractivity contribution in [2.24, 2.45) is 0 Å². The van der Waals surface area contributed by atoms with Gasteiger partial charge in [-0.1, -0.05) is 59.8 Å². The molecule has 4 rings (SSSR count). The van der Waals surface area contributed by atoms with Crippen LogP contribution in [0.25, 0.3) is 0 Å². The highest BCUT2D eigenvalue weighted by Crippen LogP contribution is 2.36. The fraction of sp³-hybridized carbons (Fsp3) is 0.348. The number of nitrogens with two attached hydrogens (primary N) is 1. The molecule has 2 heterocycles. The highest BCUT2D eigenvalue weighted by atomic mass is 32.2. The molecule has 1 aliphatic rings. The molecule has 0 spiro atoms. The zero-order valence-corrected chi connectivity index (χ0v) is 19.0. The van der Waals surface area contributed by atoms with Gasteiger partial charge in [-0.3, -0.25) is 4.79 Å². The number of aromatic nitrogens is 3. The van der Waals surface area contributed by atoms with Crippen LogP contribution in [0.3, 0.4) is 0 Å². The van der Waals surface area contributed by atoms with E-state index in [1.54, 1.807) is 0 Å². The number of carbonyl (C=O) groups excluding carboxylic acids is 1. The van der Waals surface area contributed by atoms with E-state index < -0.39 is 5.25 Å². The monoisotopic (exact) mass is 453 g/mol. The Morgan fingerprint density at radius 1 is 1.16 bits per heavy atom. The maximum absolute atomic E-state index is 13.3. The largest absolute Gasteiger partial charge is 0.485 e. The standard InChI is InChI=1S/C23H27N5O3S/c1-16-8-9-19(17(2)14-16)31-15-20-25-26-23(28(20)24)32-21(18-6-4-3-5-7-18)22(29)27-10-12-30-13-11-27/h3-9,14,21H,10-13,15,24H2,1-2H3/t21-/m1/s1. The van der Waals surface area contributed by atoms with Crippen molar-refractivity contribution in [3.63, 3.8) is 0 Å². The molecule has 0 unspecified atom stereocenters. The van der Waals surface area contributed by atoms with E-state index in [1.807, 2.05) is 61.2 Å². The minimum absolute atomic E-state index is 0.0144. The van der Waals surface area contributed by atoms with Crippen LogP contribution < -0.4 is 10.6 Å². The molecule has 0 aliphatic carbocycles. The van der Waals surface area contributed by atoms with Crippen LogP contribution in [0.2, 0.25) is 0 Å². The molecule has 1 aromatic heterocycles. The van der Waals surface area contributed by atoms with E-state index in [-0.39, 0.29) is 12.5 Å². The number of hydrogen-bond acceptors (Lipinski definition) is 7. The number of ether oxygens (including phenoxy) is 2. The second-order valence-corrected chi connectivity index (χ2v) is 8.74. The number of benzene rings is 2. The molecule has 0 radical (unpaired) electrons. The number of thioether (sulfide) groups is 1. The Kier molecular flexibility index (Phi) is 6.96. The Morgan fingerprint density at radius 3 is 2.62 bits per heavy atom. The Labute approximate surface area is 191 Å². The van der Waals surface area contributed by atoms with E-state index in [0.717, 1.165) is 16.9 Å². The number of carbonyl (C=O) groups is 1. The van der Waals surface area contributed by atoms with Crippen LogP contribution >= 0.6 is 11.8 Å². The van der Waals surface area contributed by atoms with E-state index in [1.165, 1.54) is 22.0 Å². The van der Waals surface area contributed by atoms with Crippen molar-refractivity contribution in [1.82, 2.24) is 19.8 Å². The molecule has 0 saturated carbocycles. The number of nitrogens with zero attached hydrogens (tertiary/aromatic N) is 4. The summed E-state index contributed by atoms with van der Waals surface area (Å²) >= 11 is 1.29. The lowest BCUT2D eigenvalue weighted by Crippen LogP contribution is -2.42. The first-order chi connectivity index (χ1) is 15.5. The normalized spacial score (nSPS) is 14.9. The number of hydrogen-bond donors (Lipinski definition) is 1. The number of rotatable bonds is 7. The van der Waals surface area contributed by atoms with Gasteiger partial charge in [-0.05, 0) is 31.0 Å². The van der Waals surface area contributed by atoms with Crippen LogP contribution in [-0.2, 0) is 16.1 Å². The van der Waals surface area contributed by atoms with Gasteiger partial charge in [-0.25, -0.2) is 4.68 Å². The highest BCUT2D eigenvalue weighted by Gasteiger charge is 2.30. The smallest absolute Gasteiger partial charge is 0.240 e. The van der Waals surface area contributed by atoms with E-state index in [2.05, 4.69) is 16.3 Å². The van der Waals surface area contributed by atoms with E-state index in [9.17, 15) is 4.79 Å². The van der Waals surface area contributed by atoms with Crippen LogP contribution in [0, 0.1) is 13.8 Å². The summed E-state index contributed by atoms with van der Waals surface area (Å²) in [5, 5.41) is 8.41. The fourth-order valence-corrected chi connectivity index (χ4v) is 4.59. The number of amides is 1. The van der Waals surface area contributed by atoms with E-state index >= 15 is 0 Å². The molecule has 1 atom stereocenters. The van der Waals surface area contributed by atoms with Crippen LogP contribution in [0.5, 0.6) is 5.75 Å². The van der Waals surface area contributed by atoms with Gasteiger partial charge < -0.3 is 20.2 Å². The van der Waals surface area contributed by atoms with Crippen molar-refractivity contribution in [2.45, 2.75) is 30.9 Å². The third-order valence-corrected chi connectivity index (χ3v) is 6.49. The zero-order chi connectivity index (χ0) is 22.5. The molecule has 1 amide bonds. The molecule has 168 valence electrons. The predicted octanol–water partition coefficient (Wildman–Crippen LogP) is 2.88. The number of morpholine rings is 1. The van der Waals surface area contributed by atoms with Gasteiger partial charge >= 0.3 is 0 Å². The van der Waals surface area contributed by atoms with Gasteiger partial charge in [0.05, 0.1) is 13.2 Å². The highest BCUT2D eigenvalue weighted by molar-refractivity contribution is 8.00. The zero-order valence-electron chi connectivity index (χ0n) is 18.2. The van der Waals surface area contributed by atoms with Gasteiger partial charge in [0.15, 0.2) is 5.82 Å². The molecule has 32 heavy (non-hydrogen) atoms. The Morgan fingerprint density at radius 2 is 1.91 bits per heavy atom. The average molecular weight is 454 g/mol. The molecule has 2 aromatic carbocycles. The molecule has 3 aromatic rings. The molecule has 8 nitrogen and oxygen atoms in total. The quantitative estimate of drug-likeness (QED) is 0.434. The van der Waals surface area contributed by atoms with Gasteiger partial charge in [0.2, 0.25) is 11.1 Å². The van der Waals surface area contributed by atoms with Gasteiger partial charge in [0.1, 0.15) is 17.6 Å². The Balaban J connectivity index is 1.51. The van der Waals surface area contributed by atoms with Gasteiger partial charge in [0, 0.05) is 13.1 Å². The second kappa shape index (κ2) is 10.1. The van der Waals surface area contributed by atoms with E-state index in [4.69, 9.17) is 15.3 Å². The number of aryl methyl sites for hydroxylation is 2. The SMILES string of the molecule is Cc1ccc(OCc2nnc(S[C@@H](C(=O)N3CCOCC3)c3ccccc3)n2N)c(C)c1. The lowest BCUT2D eigenvalue weighted by atomic mass is 10.1. The summed E-state index contributed by atoms with van der Waals surface area (Å²) < 4.78 is 12.7. The van der Waals surface area contributed by atoms with Crippen molar-refractivity contribution in [3.05, 3.63) is 71.0 Å². The van der Waals surface area contributed by atoms with E-state index in [0.29, 0.717) is 37.3 Å². The molecule has 1 saturated heterocycles. The van der Waals surface area contributed by atoms with Crippen molar-refractivity contribution in [1.29, 1.82) is 0 Å². The summed E-state index contributed by atoms with van der Waals surface area (Å²) in [5.41, 5.74) is 3.11. The first kappa shape index (κ1) is 22.2. The molecule has 2 N–H and O–H groups in total. The topological polar surface area (TPSA) is 95.5 Å². The average Bonchev–Trinajstić information content (AvgIpc) is 3.16. The lowest BCUT2D eigenvalue weighted by Gasteiger charge is -2.30. The summed E-state index contributed by atoms with van der Waals surface area (Å²) in [6.07, 6.45) is 0. The van der Waals surface area contributed by atoms with Crippen LogP contribution in [0.1, 0.15) is 27.8 Å². The molecular weight excluding hydrogens is 426 g/mol. The van der Waals surface area contributed by atoms with Crippen molar-refractivity contribution in [2.75, 3.05) is 32.1 Å². The molecule has 1 aliphatic heterocycles. The summed E-state index contributed by atoms with van der Waals surface area (Å²) in [4.78, 5) is 15.2. The Bertz CT molecular complexity index is 1070. The van der Waals surface area contributed by atoms with Gasteiger partial charge in [-0.2, -0.15) is 0 Å². The van der Waals surface area contributed by atoms with Crippen molar-refractivity contribution < 1.29 is 14.3 Å². The van der Waals surface area contributed by atoms with Gasteiger partial charge in [0.25, 0.3) is 0 Å². The van der Waals surface area contributed by atoms with Crippen LogP contribution in [0.15, 0.2) is 53.7 Å². The third-order valence-electron chi connectivity index (χ3n) is 5.29. The molecule has 0 bridgehead atoms. The predicted molar refractivity (Wildman–Crippen MR) is 123 cm³/mol. The second-order valence-electron chi connectivity index (χ2n) is 7.67. The van der Waals surface area contributed by atoms with Crippen molar-refractivity contribution >= 4 is 17.7 Å². The summed E-state index contributed by atoms with van der Waals surface area (Å²) in [7, 11) is 0. The summed E-state index contributed by atoms with van der Waals surface area (Å²) in [5.74, 6) is 7.55. The summed E-state index contributed by atoms with van der Waals surface area (Å²) in [6, 6.07) is 15.7. The number of nitrogen functional groups attached to an aromatic ring is 1. The molecule has 1 fully saturated rings. The maximum Gasteiger partial charge on any atom is 0.240 e. The molecular formula is C23H27N5O3S. The van der Waals surface area contributed by atoms with Gasteiger partial charge in [-0.15, -0.1) is 10.2 Å². The fourth-order valence-electron chi connectivity index (χ4n) is 3.53. The lowest BCUT2D eigenvalue weighted by molar-refractivity contribution is -0.134. The first-order valence-electron chi connectivity index (χ1n) is 10.5. The minimum Gasteiger partial charge on any atom is -0.485 e. The van der Waals surface area contributed by atoms with Crippen LogP contribution in [0.4, 0.5) is 0 Å². The minimum atomic E-state index is -0.478. The van der Waals surface area contributed by atoms with Crippen LogP contribution in [-0.4, -0.2) is 52.0 Å². The summed E-state index contributed by atoms with van der Waals surface area (Å²) in [6.45, 7) is 6.47. The first-order valence-corrected chi connectivity index (χ1v) is 11.4. The van der Waals surface area contributed by atoms with Crippen molar-refractivity contribution in [3.8, 4) is 5.75 Å². The molecule has 9 heteroatoms.